The summed E-state index contributed by atoms with van der Waals surface area (Å²) in [6.45, 7) is -0.0185. The van der Waals surface area contributed by atoms with Crippen molar-refractivity contribution in [1.82, 2.24) is 0 Å². The smallest absolute Gasteiger partial charge is 0.152 e. The van der Waals surface area contributed by atoms with E-state index in [0.717, 1.165) is 0 Å². The van der Waals surface area contributed by atoms with E-state index < -0.39 is 0 Å². The van der Waals surface area contributed by atoms with Gasteiger partial charge in [-0.2, -0.15) is 0 Å². The largest absolute Gasteiger partial charge is 0.486 e. The normalized spacial score (nSPS) is 10.5. The van der Waals surface area contributed by atoms with Gasteiger partial charge in [0.25, 0.3) is 0 Å². The van der Waals surface area contributed by atoms with Crippen LogP contribution in [0.4, 0.5) is 4.39 Å². The molecule has 1 N–H and O–H groups in total. The van der Waals surface area contributed by atoms with Crippen LogP contribution in [0.25, 0.3) is 0 Å². The highest BCUT2D eigenvalue weighted by Crippen LogP contribution is 2.35. The first-order valence-electron chi connectivity index (χ1n) is 5.57. The number of hydrogen-bond acceptors (Lipinski definition) is 2. The van der Waals surface area contributed by atoms with Crippen molar-refractivity contribution in [3.05, 3.63) is 62.8 Å². The van der Waals surface area contributed by atoms with Crippen LogP contribution in [0.1, 0.15) is 11.1 Å². The van der Waals surface area contributed by atoms with Crippen LogP contribution in [0.2, 0.25) is 5.02 Å². The third-order valence-corrected chi connectivity index (χ3v) is 3.44. The molecule has 19 heavy (non-hydrogen) atoms. The Morgan fingerprint density at radius 2 is 2.00 bits per heavy atom. The molecule has 0 atom stereocenters. The number of benzene rings is 2. The number of aliphatic hydroxyl groups is 1. The van der Waals surface area contributed by atoms with Crippen molar-refractivity contribution in [3.63, 3.8) is 0 Å². The first-order valence-corrected chi connectivity index (χ1v) is 6.74. The Morgan fingerprint density at radius 1 is 1.26 bits per heavy atom. The molecule has 0 saturated carbocycles. The summed E-state index contributed by atoms with van der Waals surface area (Å²) in [7, 11) is 0. The lowest BCUT2D eigenvalue weighted by Crippen LogP contribution is -2.00. The topological polar surface area (TPSA) is 29.5 Å². The quantitative estimate of drug-likeness (QED) is 0.894. The Labute approximate surface area is 123 Å². The maximum absolute atomic E-state index is 13.5. The predicted molar refractivity (Wildman–Crippen MR) is 75.8 cm³/mol. The van der Waals surface area contributed by atoms with E-state index in [0.29, 0.717) is 26.4 Å². The minimum absolute atomic E-state index is 0.0868. The maximum atomic E-state index is 13.5. The van der Waals surface area contributed by atoms with Crippen molar-refractivity contribution in [2.24, 2.45) is 0 Å². The Kier molecular flexibility index (Phi) is 4.80. The fourth-order valence-corrected chi connectivity index (χ4v) is 2.64. The molecule has 5 heteroatoms. The summed E-state index contributed by atoms with van der Waals surface area (Å²) < 4.78 is 19.6. The lowest BCUT2D eigenvalue weighted by Gasteiger charge is -2.12. The summed E-state index contributed by atoms with van der Waals surface area (Å²) in [5, 5.41) is 9.42. The molecule has 2 nitrogen and oxygen atoms in total. The molecule has 0 aliphatic carbocycles. The molecule has 100 valence electrons. The van der Waals surface area contributed by atoms with Crippen molar-refractivity contribution in [2.75, 3.05) is 0 Å². The van der Waals surface area contributed by atoms with E-state index in [1.54, 1.807) is 30.3 Å². The van der Waals surface area contributed by atoms with Crippen LogP contribution >= 0.6 is 27.5 Å². The summed E-state index contributed by atoms with van der Waals surface area (Å²) in [5.74, 6) is 0.115. The molecule has 2 aromatic carbocycles. The zero-order valence-corrected chi connectivity index (χ0v) is 12.2. The summed E-state index contributed by atoms with van der Waals surface area (Å²) >= 11 is 9.38. The van der Waals surface area contributed by atoms with Crippen LogP contribution in [0.15, 0.2) is 40.9 Å². The van der Waals surface area contributed by atoms with E-state index >= 15 is 0 Å². The second kappa shape index (κ2) is 6.37. The molecule has 0 saturated heterocycles. The molecule has 0 radical (unpaired) electrons. The van der Waals surface area contributed by atoms with E-state index in [-0.39, 0.29) is 19.0 Å². The highest BCUT2D eigenvalue weighted by Gasteiger charge is 2.10. The van der Waals surface area contributed by atoms with E-state index in [4.69, 9.17) is 21.4 Å². The Bertz CT molecular complexity index is 566. The van der Waals surface area contributed by atoms with Gasteiger partial charge in [0.05, 0.1) is 16.1 Å². The Hall–Kier alpha value is -1.10. The number of ether oxygens (including phenoxy) is 1. The van der Waals surface area contributed by atoms with Gasteiger partial charge in [0.1, 0.15) is 12.4 Å². The van der Waals surface area contributed by atoms with Crippen LogP contribution in [-0.4, -0.2) is 5.11 Å². The molecule has 0 aliphatic heterocycles. The average molecular weight is 346 g/mol. The Morgan fingerprint density at radius 3 is 2.63 bits per heavy atom. The number of hydrogen-bond donors (Lipinski definition) is 1. The summed E-state index contributed by atoms with van der Waals surface area (Å²) in [6.07, 6.45) is 0. The molecule has 0 spiro atoms. The summed E-state index contributed by atoms with van der Waals surface area (Å²) in [6, 6.07) is 9.72. The molecule has 0 aromatic heterocycles. The fourth-order valence-electron chi connectivity index (χ4n) is 1.61. The van der Waals surface area contributed by atoms with E-state index in [2.05, 4.69) is 15.9 Å². The molecule has 0 fully saturated rings. The van der Waals surface area contributed by atoms with Crippen LogP contribution in [0, 0.1) is 5.82 Å². The SMILES string of the molecule is OCc1cc(Cl)c(OCc2ccccc2F)c(Br)c1. The third kappa shape index (κ3) is 3.47. The van der Waals surface area contributed by atoms with Crippen molar-refractivity contribution >= 4 is 27.5 Å². The van der Waals surface area contributed by atoms with Gasteiger partial charge in [0.15, 0.2) is 5.75 Å². The molecular weight excluding hydrogens is 335 g/mol. The monoisotopic (exact) mass is 344 g/mol. The van der Waals surface area contributed by atoms with Crippen molar-refractivity contribution in [2.45, 2.75) is 13.2 Å². The lowest BCUT2D eigenvalue weighted by atomic mass is 10.2. The van der Waals surface area contributed by atoms with Gasteiger partial charge in [-0.25, -0.2) is 4.39 Å². The van der Waals surface area contributed by atoms with Gasteiger partial charge in [-0.3, -0.25) is 0 Å². The molecular formula is C14H11BrClFO2. The van der Waals surface area contributed by atoms with Crippen molar-refractivity contribution < 1.29 is 14.2 Å². The third-order valence-electron chi connectivity index (χ3n) is 2.57. The molecule has 2 aromatic rings. The number of aliphatic hydroxyl groups excluding tert-OH is 1. The van der Waals surface area contributed by atoms with Gasteiger partial charge < -0.3 is 9.84 Å². The van der Waals surface area contributed by atoms with Gasteiger partial charge in [-0.05, 0) is 39.7 Å². The molecule has 2 rings (SSSR count). The van der Waals surface area contributed by atoms with Crippen LogP contribution < -0.4 is 4.74 Å². The van der Waals surface area contributed by atoms with Crippen molar-refractivity contribution in [1.29, 1.82) is 0 Å². The minimum atomic E-state index is -0.318. The Balaban J connectivity index is 2.18. The van der Waals surface area contributed by atoms with E-state index in [1.807, 2.05) is 0 Å². The fraction of sp³-hybridized carbons (Fsp3) is 0.143. The van der Waals surface area contributed by atoms with E-state index in [9.17, 15) is 4.39 Å². The van der Waals surface area contributed by atoms with E-state index in [1.165, 1.54) is 6.07 Å². The van der Waals surface area contributed by atoms with Crippen molar-refractivity contribution in [3.8, 4) is 5.75 Å². The molecule has 0 aliphatic rings. The number of halogens is 3. The van der Waals surface area contributed by atoms with Crippen LogP contribution in [0.5, 0.6) is 5.75 Å². The van der Waals surface area contributed by atoms with Crippen LogP contribution in [-0.2, 0) is 13.2 Å². The average Bonchev–Trinajstić information content (AvgIpc) is 2.39. The zero-order chi connectivity index (χ0) is 13.8. The molecule has 0 unspecified atom stereocenters. The summed E-state index contributed by atoms with van der Waals surface area (Å²) in [4.78, 5) is 0. The standard InChI is InChI=1S/C14H11BrClFO2/c15-11-5-9(7-18)6-12(16)14(11)19-8-10-3-1-2-4-13(10)17/h1-6,18H,7-8H2. The van der Waals surface area contributed by atoms with Crippen LogP contribution in [0.3, 0.4) is 0 Å². The first-order chi connectivity index (χ1) is 9.11. The van der Waals surface area contributed by atoms with Gasteiger partial charge in [0.2, 0.25) is 0 Å². The van der Waals surface area contributed by atoms with Gasteiger partial charge in [-0.15, -0.1) is 0 Å². The summed E-state index contributed by atoms with van der Waals surface area (Å²) in [5.41, 5.74) is 1.13. The molecule has 0 amide bonds. The predicted octanol–water partition coefficient (Wildman–Crippen LogP) is 4.31. The second-order valence-corrected chi connectivity index (χ2v) is 5.19. The number of rotatable bonds is 4. The highest BCUT2D eigenvalue weighted by atomic mass is 79.9. The van der Waals surface area contributed by atoms with Gasteiger partial charge in [0, 0.05) is 5.56 Å². The molecule has 0 bridgehead atoms. The minimum Gasteiger partial charge on any atom is -0.486 e. The molecule has 0 heterocycles. The zero-order valence-electron chi connectivity index (χ0n) is 9.87. The first kappa shape index (κ1) is 14.3. The van der Waals surface area contributed by atoms with Gasteiger partial charge in [-0.1, -0.05) is 29.8 Å². The maximum Gasteiger partial charge on any atom is 0.152 e. The highest BCUT2D eigenvalue weighted by molar-refractivity contribution is 9.10. The second-order valence-electron chi connectivity index (χ2n) is 3.93. The lowest BCUT2D eigenvalue weighted by molar-refractivity contribution is 0.280. The van der Waals surface area contributed by atoms with Gasteiger partial charge >= 0.3 is 0 Å².